The third-order valence-corrected chi connectivity index (χ3v) is 2.72. The van der Waals surface area contributed by atoms with E-state index >= 15 is 0 Å². The number of nitrogens with one attached hydrogen (secondary N) is 1. The van der Waals surface area contributed by atoms with Gasteiger partial charge >= 0.3 is 0 Å². The first-order valence-corrected chi connectivity index (χ1v) is 6.44. The molecule has 1 rings (SSSR count). The molecule has 1 amide bonds. The monoisotopic (exact) mass is 247 g/mol. The maximum Gasteiger partial charge on any atom is 0.220 e. The number of amides is 1. The zero-order valence-electron chi connectivity index (χ0n) is 11.1. The fourth-order valence-corrected chi connectivity index (χ4v) is 1.58. The minimum Gasteiger partial charge on any atom is -0.356 e. The fourth-order valence-electron chi connectivity index (χ4n) is 1.58. The summed E-state index contributed by atoms with van der Waals surface area (Å²) < 4.78 is 0. The van der Waals surface area contributed by atoms with Crippen LogP contribution in [0.2, 0.25) is 0 Å². The van der Waals surface area contributed by atoms with Crippen molar-refractivity contribution in [2.45, 2.75) is 33.1 Å². The SMILES string of the molecule is CC(C)CCNC(=O)CCC(=O)c1ccccc1. The minimum atomic E-state index is -0.0417. The number of benzene rings is 1. The van der Waals surface area contributed by atoms with Gasteiger partial charge in [0, 0.05) is 24.9 Å². The summed E-state index contributed by atoms with van der Waals surface area (Å²) >= 11 is 0. The molecular weight excluding hydrogens is 226 g/mol. The van der Waals surface area contributed by atoms with Crippen molar-refractivity contribution < 1.29 is 9.59 Å². The van der Waals surface area contributed by atoms with Crippen molar-refractivity contribution in [3.63, 3.8) is 0 Å². The maximum atomic E-state index is 11.8. The molecule has 3 nitrogen and oxygen atoms in total. The molecule has 98 valence electrons. The van der Waals surface area contributed by atoms with Crippen molar-refractivity contribution in [1.29, 1.82) is 0 Å². The molecule has 1 aromatic rings. The van der Waals surface area contributed by atoms with E-state index in [0.29, 0.717) is 18.0 Å². The predicted octanol–water partition coefficient (Wildman–Crippen LogP) is 2.81. The Bertz CT molecular complexity index is 385. The van der Waals surface area contributed by atoms with E-state index in [1.54, 1.807) is 12.1 Å². The molecule has 18 heavy (non-hydrogen) atoms. The van der Waals surface area contributed by atoms with Gasteiger partial charge in [0.25, 0.3) is 0 Å². The zero-order valence-corrected chi connectivity index (χ0v) is 11.1. The molecule has 0 heterocycles. The molecule has 0 unspecified atom stereocenters. The minimum absolute atomic E-state index is 0.0228. The first-order chi connectivity index (χ1) is 8.59. The second-order valence-corrected chi connectivity index (χ2v) is 4.82. The lowest BCUT2D eigenvalue weighted by Crippen LogP contribution is -2.25. The number of hydrogen-bond donors (Lipinski definition) is 1. The molecule has 0 radical (unpaired) electrons. The Morgan fingerprint density at radius 1 is 1.11 bits per heavy atom. The highest BCUT2D eigenvalue weighted by Gasteiger charge is 2.08. The lowest BCUT2D eigenvalue weighted by molar-refractivity contribution is -0.121. The Morgan fingerprint density at radius 3 is 2.39 bits per heavy atom. The van der Waals surface area contributed by atoms with E-state index in [9.17, 15) is 9.59 Å². The molecule has 0 aliphatic heterocycles. The average Bonchev–Trinajstić information content (AvgIpc) is 2.36. The molecule has 0 spiro atoms. The highest BCUT2D eigenvalue weighted by molar-refractivity contribution is 5.97. The normalized spacial score (nSPS) is 10.4. The smallest absolute Gasteiger partial charge is 0.220 e. The summed E-state index contributed by atoms with van der Waals surface area (Å²) in [5.74, 6) is 0.561. The molecule has 0 bridgehead atoms. The fraction of sp³-hybridized carbons (Fsp3) is 0.467. The molecule has 0 aliphatic carbocycles. The van der Waals surface area contributed by atoms with Gasteiger partial charge in [0.15, 0.2) is 5.78 Å². The van der Waals surface area contributed by atoms with Gasteiger partial charge < -0.3 is 5.32 Å². The van der Waals surface area contributed by atoms with E-state index in [4.69, 9.17) is 0 Å². The second kappa shape index (κ2) is 7.64. The van der Waals surface area contributed by atoms with Crippen LogP contribution in [0.3, 0.4) is 0 Å². The first-order valence-electron chi connectivity index (χ1n) is 6.44. The molecular formula is C15H21NO2. The van der Waals surface area contributed by atoms with E-state index in [1.165, 1.54) is 0 Å². The van der Waals surface area contributed by atoms with Gasteiger partial charge in [-0.1, -0.05) is 44.2 Å². The van der Waals surface area contributed by atoms with Crippen LogP contribution in [0, 0.1) is 5.92 Å². The summed E-state index contributed by atoms with van der Waals surface area (Å²) in [6.45, 7) is 4.92. The van der Waals surface area contributed by atoms with Crippen LogP contribution in [0.5, 0.6) is 0 Å². The van der Waals surface area contributed by atoms with Gasteiger partial charge in [0.1, 0.15) is 0 Å². The predicted molar refractivity (Wildman–Crippen MR) is 72.5 cm³/mol. The molecule has 3 heteroatoms. The van der Waals surface area contributed by atoms with Crippen molar-refractivity contribution >= 4 is 11.7 Å². The summed E-state index contributed by atoms with van der Waals surface area (Å²) in [4.78, 5) is 23.2. The molecule has 0 aliphatic rings. The van der Waals surface area contributed by atoms with Gasteiger partial charge in [-0.25, -0.2) is 0 Å². The molecule has 1 N–H and O–H groups in total. The Balaban J connectivity index is 2.24. The van der Waals surface area contributed by atoms with E-state index in [0.717, 1.165) is 6.42 Å². The number of ketones is 1. The van der Waals surface area contributed by atoms with Gasteiger partial charge in [-0.3, -0.25) is 9.59 Å². The molecule has 0 atom stereocenters. The Hall–Kier alpha value is -1.64. The summed E-state index contributed by atoms with van der Waals surface area (Å²) in [5.41, 5.74) is 0.674. The summed E-state index contributed by atoms with van der Waals surface area (Å²) in [7, 11) is 0. The third kappa shape index (κ3) is 5.62. The number of rotatable bonds is 7. The van der Waals surface area contributed by atoms with Crippen LogP contribution >= 0.6 is 0 Å². The van der Waals surface area contributed by atoms with Crippen molar-refractivity contribution in [1.82, 2.24) is 5.32 Å². The van der Waals surface area contributed by atoms with Crippen LogP contribution in [0.15, 0.2) is 30.3 Å². The largest absolute Gasteiger partial charge is 0.356 e. The molecule has 0 saturated carbocycles. The quantitative estimate of drug-likeness (QED) is 0.753. The molecule has 0 aromatic heterocycles. The number of Topliss-reactive ketones (excluding diaryl/α,β-unsaturated/α-hetero) is 1. The molecule has 1 aromatic carbocycles. The van der Waals surface area contributed by atoms with Gasteiger partial charge in [-0.05, 0) is 12.3 Å². The van der Waals surface area contributed by atoms with Crippen LogP contribution in [-0.4, -0.2) is 18.2 Å². The van der Waals surface area contributed by atoms with E-state index in [-0.39, 0.29) is 24.5 Å². The van der Waals surface area contributed by atoms with Crippen molar-refractivity contribution in [2.75, 3.05) is 6.54 Å². The van der Waals surface area contributed by atoms with Crippen molar-refractivity contribution in [3.05, 3.63) is 35.9 Å². The zero-order chi connectivity index (χ0) is 13.4. The maximum absolute atomic E-state index is 11.8. The highest BCUT2D eigenvalue weighted by Crippen LogP contribution is 2.05. The lowest BCUT2D eigenvalue weighted by atomic mass is 10.1. The standard InChI is InChI=1S/C15H21NO2/c1-12(2)10-11-16-15(18)9-8-14(17)13-6-4-3-5-7-13/h3-7,12H,8-11H2,1-2H3,(H,16,18). The van der Waals surface area contributed by atoms with Gasteiger partial charge in [-0.2, -0.15) is 0 Å². The van der Waals surface area contributed by atoms with Crippen LogP contribution in [0.1, 0.15) is 43.5 Å². The van der Waals surface area contributed by atoms with E-state index < -0.39 is 0 Å². The Labute approximate surface area is 109 Å². The van der Waals surface area contributed by atoms with Gasteiger partial charge in [0.05, 0.1) is 0 Å². The molecule has 0 saturated heterocycles. The number of hydrogen-bond acceptors (Lipinski definition) is 2. The lowest BCUT2D eigenvalue weighted by Gasteiger charge is -2.06. The average molecular weight is 247 g/mol. The number of carbonyl (C=O) groups excluding carboxylic acids is 2. The van der Waals surface area contributed by atoms with Crippen molar-refractivity contribution in [3.8, 4) is 0 Å². The van der Waals surface area contributed by atoms with Crippen LogP contribution in [0.4, 0.5) is 0 Å². The highest BCUT2D eigenvalue weighted by atomic mass is 16.2. The number of carbonyl (C=O) groups is 2. The first kappa shape index (κ1) is 14.4. The van der Waals surface area contributed by atoms with E-state index in [1.807, 2.05) is 18.2 Å². The second-order valence-electron chi connectivity index (χ2n) is 4.82. The summed E-state index contributed by atoms with van der Waals surface area (Å²) in [6.07, 6.45) is 1.52. The van der Waals surface area contributed by atoms with E-state index in [2.05, 4.69) is 19.2 Å². The Kier molecular flexibility index (Phi) is 6.12. The van der Waals surface area contributed by atoms with Crippen molar-refractivity contribution in [2.24, 2.45) is 5.92 Å². The molecule has 0 fully saturated rings. The van der Waals surface area contributed by atoms with Crippen LogP contribution < -0.4 is 5.32 Å². The van der Waals surface area contributed by atoms with Gasteiger partial charge in [-0.15, -0.1) is 0 Å². The van der Waals surface area contributed by atoms with Crippen LogP contribution in [0.25, 0.3) is 0 Å². The van der Waals surface area contributed by atoms with Crippen LogP contribution in [-0.2, 0) is 4.79 Å². The Morgan fingerprint density at radius 2 is 1.78 bits per heavy atom. The van der Waals surface area contributed by atoms with Gasteiger partial charge in [0.2, 0.25) is 5.91 Å². The summed E-state index contributed by atoms with van der Waals surface area (Å²) in [5, 5.41) is 2.83. The topological polar surface area (TPSA) is 46.2 Å². The summed E-state index contributed by atoms with van der Waals surface area (Å²) in [6, 6.07) is 9.08. The third-order valence-electron chi connectivity index (χ3n) is 2.72.